The van der Waals surface area contributed by atoms with Gasteiger partial charge in [0.05, 0.1) is 5.56 Å². The maximum absolute atomic E-state index is 6.20. The Morgan fingerprint density at radius 1 is 1.25 bits per heavy atom. The summed E-state index contributed by atoms with van der Waals surface area (Å²) < 4.78 is 6.51. The fourth-order valence-electron chi connectivity index (χ4n) is 1.63. The van der Waals surface area contributed by atoms with Crippen LogP contribution >= 0.6 is 38.9 Å². The van der Waals surface area contributed by atoms with Crippen LogP contribution in [0.3, 0.4) is 0 Å². The standard InChI is InChI=1S/C14H8BrClN2OS/c15-11-4-2-1-3-10(11)13-17-18-14(19-13)12(16)7-9-5-6-20-8-9/h1-8H/b12-7-. The van der Waals surface area contributed by atoms with Crippen molar-refractivity contribution < 1.29 is 4.42 Å². The summed E-state index contributed by atoms with van der Waals surface area (Å²) in [6.45, 7) is 0. The minimum absolute atomic E-state index is 0.309. The van der Waals surface area contributed by atoms with Crippen molar-refractivity contribution in [1.29, 1.82) is 0 Å². The average molecular weight is 368 g/mol. The van der Waals surface area contributed by atoms with Crippen molar-refractivity contribution >= 4 is 50.0 Å². The minimum atomic E-state index is 0.309. The van der Waals surface area contributed by atoms with E-state index in [1.54, 1.807) is 17.4 Å². The highest BCUT2D eigenvalue weighted by molar-refractivity contribution is 9.10. The van der Waals surface area contributed by atoms with Crippen molar-refractivity contribution in [2.75, 3.05) is 0 Å². The third-order valence-electron chi connectivity index (χ3n) is 2.57. The number of aromatic nitrogens is 2. The highest BCUT2D eigenvalue weighted by atomic mass is 79.9. The highest BCUT2D eigenvalue weighted by Gasteiger charge is 2.13. The van der Waals surface area contributed by atoms with E-state index in [2.05, 4.69) is 26.1 Å². The molecule has 6 heteroatoms. The first-order chi connectivity index (χ1) is 9.74. The van der Waals surface area contributed by atoms with Crippen molar-refractivity contribution in [3.63, 3.8) is 0 Å². The molecule has 1 aromatic carbocycles. The van der Waals surface area contributed by atoms with E-state index in [-0.39, 0.29) is 0 Å². The number of benzene rings is 1. The maximum atomic E-state index is 6.20. The third kappa shape index (κ3) is 2.85. The predicted octanol–water partition coefficient (Wildman–Crippen LogP) is 5.30. The Balaban J connectivity index is 1.93. The smallest absolute Gasteiger partial charge is 0.259 e. The van der Waals surface area contributed by atoms with Crippen LogP contribution in [0.5, 0.6) is 0 Å². The van der Waals surface area contributed by atoms with E-state index in [0.29, 0.717) is 16.8 Å². The molecule has 0 aliphatic carbocycles. The second-order valence-electron chi connectivity index (χ2n) is 3.94. The van der Waals surface area contributed by atoms with Gasteiger partial charge in [-0.3, -0.25) is 0 Å². The molecule has 2 aromatic heterocycles. The van der Waals surface area contributed by atoms with Crippen LogP contribution in [-0.4, -0.2) is 10.2 Å². The summed E-state index contributed by atoms with van der Waals surface area (Å²) >= 11 is 11.3. The summed E-state index contributed by atoms with van der Waals surface area (Å²) in [5, 5.41) is 12.4. The van der Waals surface area contributed by atoms with Crippen molar-refractivity contribution in [3.8, 4) is 11.5 Å². The molecule has 0 unspecified atom stereocenters. The largest absolute Gasteiger partial charge is 0.415 e. The number of hydrogen-bond acceptors (Lipinski definition) is 4. The summed E-state index contributed by atoms with van der Waals surface area (Å²) in [5.41, 5.74) is 1.85. The molecule has 0 saturated carbocycles. The summed E-state index contributed by atoms with van der Waals surface area (Å²) in [7, 11) is 0. The molecule has 3 aromatic rings. The molecule has 0 amide bonds. The number of hydrogen-bond donors (Lipinski definition) is 0. The molecule has 0 atom stereocenters. The predicted molar refractivity (Wildman–Crippen MR) is 85.5 cm³/mol. The number of nitrogens with zero attached hydrogens (tertiary/aromatic N) is 2. The molecule has 0 bridgehead atoms. The quantitative estimate of drug-likeness (QED) is 0.630. The van der Waals surface area contributed by atoms with Gasteiger partial charge in [0.15, 0.2) is 0 Å². The summed E-state index contributed by atoms with van der Waals surface area (Å²) in [5.74, 6) is 0.743. The van der Waals surface area contributed by atoms with Gasteiger partial charge in [0.2, 0.25) is 5.89 Å². The molecule has 0 fully saturated rings. The lowest BCUT2D eigenvalue weighted by atomic mass is 10.2. The number of thiophene rings is 1. The van der Waals surface area contributed by atoms with Crippen LogP contribution in [0.1, 0.15) is 11.5 Å². The molecule has 0 aliphatic heterocycles. The zero-order chi connectivity index (χ0) is 13.9. The lowest BCUT2D eigenvalue weighted by molar-refractivity contribution is 0.556. The Kier molecular flexibility index (Phi) is 4.00. The van der Waals surface area contributed by atoms with Crippen molar-refractivity contribution in [2.45, 2.75) is 0 Å². The molecule has 0 radical (unpaired) electrons. The highest BCUT2D eigenvalue weighted by Crippen LogP contribution is 2.29. The van der Waals surface area contributed by atoms with Gasteiger partial charge in [0, 0.05) is 4.47 Å². The molecule has 20 heavy (non-hydrogen) atoms. The van der Waals surface area contributed by atoms with Crippen molar-refractivity contribution in [3.05, 3.63) is 57.0 Å². The first kappa shape index (κ1) is 13.5. The zero-order valence-corrected chi connectivity index (χ0v) is 13.2. The van der Waals surface area contributed by atoms with E-state index < -0.39 is 0 Å². The maximum Gasteiger partial charge on any atom is 0.259 e. The molecular weight excluding hydrogens is 360 g/mol. The van der Waals surface area contributed by atoms with Crippen LogP contribution in [0.4, 0.5) is 0 Å². The average Bonchev–Trinajstić information content (AvgIpc) is 3.10. The molecule has 0 aliphatic rings. The van der Waals surface area contributed by atoms with Gasteiger partial charge in [-0.25, -0.2) is 0 Å². The second-order valence-corrected chi connectivity index (χ2v) is 5.98. The summed E-state index contributed by atoms with van der Waals surface area (Å²) in [6, 6.07) is 9.62. The van der Waals surface area contributed by atoms with Crippen LogP contribution in [0.2, 0.25) is 0 Å². The molecule has 3 rings (SSSR count). The molecule has 3 nitrogen and oxygen atoms in total. The third-order valence-corrected chi connectivity index (χ3v) is 4.23. The van der Waals surface area contributed by atoms with E-state index >= 15 is 0 Å². The Hall–Kier alpha value is -1.43. The van der Waals surface area contributed by atoms with E-state index in [0.717, 1.165) is 15.6 Å². The molecular formula is C14H8BrClN2OS. The Bertz CT molecular complexity index is 752. The Morgan fingerprint density at radius 3 is 2.85 bits per heavy atom. The molecule has 100 valence electrons. The lowest BCUT2D eigenvalue weighted by Crippen LogP contribution is -1.78. The van der Waals surface area contributed by atoms with Crippen molar-refractivity contribution in [2.24, 2.45) is 0 Å². The van der Waals surface area contributed by atoms with E-state index in [4.69, 9.17) is 16.0 Å². The summed E-state index contributed by atoms with van der Waals surface area (Å²) in [4.78, 5) is 0. The fourth-order valence-corrected chi connectivity index (χ4v) is 2.90. The van der Waals surface area contributed by atoms with Crippen LogP contribution in [0.25, 0.3) is 22.6 Å². The van der Waals surface area contributed by atoms with Gasteiger partial charge in [-0.2, -0.15) is 11.3 Å². The Labute approximate surface area is 133 Å². The molecule has 0 saturated heterocycles. The Morgan fingerprint density at radius 2 is 2.10 bits per heavy atom. The first-order valence-electron chi connectivity index (χ1n) is 5.72. The topological polar surface area (TPSA) is 38.9 Å². The lowest BCUT2D eigenvalue weighted by Gasteiger charge is -1.97. The normalized spacial score (nSPS) is 11.8. The first-order valence-corrected chi connectivity index (χ1v) is 7.83. The van der Waals surface area contributed by atoms with Crippen LogP contribution in [-0.2, 0) is 0 Å². The SMILES string of the molecule is Cl/C(=C\c1ccsc1)c1nnc(-c2ccccc2Br)o1. The van der Waals surface area contributed by atoms with Crippen LogP contribution < -0.4 is 0 Å². The van der Waals surface area contributed by atoms with E-state index in [9.17, 15) is 0 Å². The van der Waals surface area contributed by atoms with Gasteiger partial charge in [-0.15, -0.1) is 10.2 Å². The van der Waals surface area contributed by atoms with Gasteiger partial charge >= 0.3 is 0 Å². The van der Waals surface area contributed by atoms with Crippen molar-refractivity contribution in [1.82, 2.24) is 10.2 Å². The second kappa shape index (κ2) is 5.91. The fraction of sp³-hybridized carbons (Fsp3) is 0. The number of halogens is 2. The van der Waals surface area contributed by atoms with Gasteiger partial charge in [-0.05, 0) is 56.5 Å². The summed E-state index contributed by atoms with van der Waals surface area (Å²) in [6.07, 6.45) is 1.80. The van der Waals surface area contributed by atoms with Gasteiger partial charge in [-0.1, -0.05) is 23.7 Å². The van der Waals surface area contributed by atoms with Gasteiger partial charge < -0.3 is 4.42 Å². The molecule has 0 N–H and O–H groups in total. The number of rotatable bonds is 3. The van der Waals surface area contributed by atoms with Gasteiger partial charge in [0.25, 0.3) is 5.89 Å². The monoisotopic (exact) mass is 366 g/mol. The van der Waals surface area contributed by atoms with Crippen LogP contribution in [0, 0.1) is 0 Å². The minimum Gasteiger partial charge on any atom is -0.415 e. The van der Waals surface area contributed by atoms with E-state index in [1.165, 1.54) is 0 Å². The molecule has 0 spiro atoms. The van der Waals surface area contributed by atoms with Crippen LogP contribution in [0.15, 0.2) is 50.0 Å². The van der Waals surface area contributed by atoms with Gasteiger partial charge in [0.1, 0.15) is 5.03 Å². The molecule has 2 heterocycles. The zero-order valence-electron chi connectivity index (χ0n) is 10.1. The van der Waals surface area contributed by atoms with E-state index in [1.807, 2.05) is 41.1 Å².